The molecule has 5 heteroatoms. The number of ketones is 1. The van der Waals surface area contributed by atoms with Crippen molar-refractivity contribution in [2.75, 3.05) is 27.2 Å². The number of rotatable bonds is 6. The Morgan fingerprint density at radius 3 is 2.64 bits per heavy atom. The molecule has 0 bridgehead atoms. The summed E-state index contributed by atoms with van der Waals surface area (Å²) in [7, 11) is 3.47. The molecule has 0 aromatic heterocycles. The Morgan fingerprint density at radius 2 is 2.04 bits per heavy atom. The summed E-state index contributed by atoms with van der Waals surface area (Å²) in [6.07, 6.45) is 5.89. The van der Waals surface area contributed by atoms with Gasteiger partial charge in [0, 0.05) is 18.7 Å². The lowest BCUT2D eigenvalue weighted by Gasteiger charge is -2.25. The third-order valence-corrected chi connectivity index (χ3v) is 4.94. The van der Waals surface area contributed by atoms with Gasteiger partial charge in [0.2, 0.25) is 0 Å². The zero-order valence-corrected chi connectivity index (χ0v) is 16.2. The number of hydrogen-bond acceptors (Lipinski definition) is 5. The molecule has 0 fully saturated rings. The van der Waals surface area contributed by atoms with Gasteiger partial charge in [-0.15, -0.1) is 0 Å². The van der Waals surface area contributed by atoms with Gasteiger partial charge in [0.05, 0.1) is 13.7 Å². The van der Waals surface area contributed by atoms with Crippen LogP contribution in [0.3, 0.4) is 0 Å². The fourth-order valence-corrected chi connectivity index (χ4v) is 3.40. The Morgan fingerprint density at radius 1 is 1.29 bits per heavy atom. The first-order chi connectivity index (χ1) is 13.5. The van der Waals surface area contributed by atoms with Gasteiger partial charge in [0.1, 0.15) is 17.1 Å². The number of phenolic OH excluding ortho intramolecular Hbond substituents is 1. The second-order valence-corrected chi connectivity index (χ2v) is 6.84. The maximum atomic E-state index is 12.9. The summed E-state index contributed by atoms with van der Waals surface area (Å²) in [5.41, 5.74) is 3.02. The fraction of sp³-hybridized carbons (Fsp3) is 0.261. The van der Waals surface area contributed by atoms with Gasteiger partial charge in [-0.3, -0.25) is 4.79 Å². The zero-order chi connectivity index (χ0) is 20.1. The van der Waals surface area contributed by atoms with Crippen molar-refractivity contribution in [2.24, 2.45) is 0 Å². The SMILES string of the molecule is COc1cc(CO)c(C2=CCN(C)CC2)c(O)c1C(=O)/C=C/c1ccccc1. The molecule has 0 unspecified atom stereocenters. The van der Waals surface area contributed by atoms with Crippen molar-refractivity contribution >= 4 is 17.4 Å². The van der Waals surface area contributed by atoms with Crippen LogP contribution < -0.4 is 4.74 Å². The van der Waals surface area contributed by atoms with E-state index in [0.29, 0.717) is 11.1 Å². The third kappa shape index (κ3) is 4.16. The molecule has 2 N–H and O–H groups in total. The quantitative estimate of drug-likeness (QED) is 0.594. The number of allylic oxidation sites excluding steroid dienone is 1. The lowest BCUT2D eigenvalue weighted by molar-refractivity contribution is 0.104. The number of phenols is 1. The molecule has 0 amide bonds. The molecule has 5 nitrogen and oxygen atoms in total. The number of carbonyl (C=O) groups is 1. The minimum atomic E-state index is -0.350. The third-order valence-electron chi connectivity index (χ3n) is 4.94. The number of methoxy groups -OCH3 is 1. The fourth-order valence-electron chi connectivity index (χ4n) is 3.40. The van der Waals surface area contributed by atoms with Gasteiger partial charge in [0.25, 0.3) is 0 Å². The van der Waals surface area contributed by atoms with Crippen molar-refractivity contribution in [1.29, 1.82) is 0 Å². The largest absolute Gasteiger partial charge is 0.506 e. The maximum Gasteiger partial charge on any atom is 0.193 e. The van der Waals surface area contributed by atoms with E-state index in [1.165, 1.54) is 13.2 Å². The van der Waals surface area contributed by atoms with Gasteiger partial charge in [-0.1, -0.05) is 42.5 Å². The van der Waals surface area contributed by atoms with Crippen molar-refractivity contribution in [3.8, 4) is 11.5 Å². The van der Waals surface area contributed by atoms with Crippen LogP contribution in [0.1, 0.15) is 33.5 Å². The highest BCUT2D eigenvalue weighted by Crippen LogP contribution is 2.40. The normalized spacial score (nSPS) is 14.9. The Labute approximate surface area is 165 Å². The van der Waals surface area contributed by atoms with E-state index in [-0.39, 0.29) is 29.5 Å². The Bertz CT molecular complexity index is 916. The van der Waals surface area contributed by atoms with E-state index in [4.69, 9.17) is 4.74 Å². The second kappa shape index (κ2) is 8.87. The zero-order valence-electron chi connectivity index (χ0n) is 16.2. The molecule has 0 spiro atoms. The van der Waals surface area contributed by atoms with Crippen LogP contribution in [0.15, 0.2) is 48.6 Å². The van der Waals surface area contributed by atoms with E-state index in [9.17, 15) is 15.0 Å². The van der Waals surface area contributed by atoms with E-state index >= 15 is 0 Å². The molecule has 2 aromatic rings. The molecule has 0 saturated carbocycles. The molecule has 0 aliphatic carbocycles. The van der Waals surface area contributed by atoms with Crippen molar-refractivity contribution < 1.29 is 19.7 Å². The van der Waals surface area contributed by atoms with Crippen LogP contribution in [0, 0.1) is 0 Å². The topological polar surface area (TPSA) is 70.0 Å². The number of likely N-dealkylation sites (N-methyl/N-ethyl adjacent to an activating group) is 1. The summed E-state index contributed by atoms with van der Waals surface area (Å²) in [6, 6.07) is 11.1. The Balaban J connectivity index is 2.06. The molecule has 1 aliphatic heterocycles. The van der Waals surface area contributed by atoms with Gasteiger partial charge in [0.15, 0.2) is 5.78 Å². The lowest BCUT2D eigenvalue weighted by atomic mass is 9.90. The second-order valence-electron chi connectivity index (χ2n) is 6.84. The molecule has 0 saturated heterocycles. The van der Waals surface area contributed by atoms with Crippen LogP contribution in [0.25, 0.3) is 11.6 Å². The highest BCUT2D eigenvalue weighted by atomic mass is 16.5. The molecular weight excluding hydrogens is 354 g/mol. The van der Waals surface area contributed by atoms with E-state index in [2.05, 4.69) is 4.90 Å². The molecule has 146 valence electrons. The molecule has 1 heterocycles. The maximum absolute atomic E-state index is 12.9. The highest BCUT2D eigenvalue weighted by molar-refractivity contribution is 6.11. The van der Waals surface area contributed by atoms with Crippen molar-refractivity contribution in [1.82, 2.24) is 4.90 Å². The number of hydrogen-bond donors (Lipinski definition) is 2. The van der Waals surface area contributed by atoms with Crippen LogP contribution in [0.2, 0.25) is 0 Å². The van der Waals surface area contributed by atoms with Crippen LogP contribution in [0.4, 0.5) is 0 Å². The summed E-state index contributed by atoms with van der Waals surface area (Å²) in [6.45, 7) is 1.35. The summed E-state index contributed by atoms with van der Waals surface area (Å²) >= 11 is 0. The average molecular weight is 379 g/mol. The van der Waals surface area contributed by atoms with Crippen LogP contribution >= 0.6 is 0 Å². The van der Waals surface area contributed by atoms with E-state index in [0.717, 1.165) is 30.6 Å². The summed E-state index contributed by atoms with van der Waals surface area (Å²) in [4.78, 5) is 15.1. The first-order valence-corrected chi connectivity index (χ1v) is 9.24. The summed E-state index contributed by atoms with van der Waals surface area (Å²) in [5.74, 6) is -0.235. The van der Waals surface area contributed by atoms with Crippen LogP contribution in [0.5, 0.6) is 11.5 Å². The Kier molecular flexibility index (Phi) is 6.29. The molecule has 1 aliphatic rings. The van der Waals surface area contributed by atoms with Gasteiger partial charge in [-0.2, -0.15) is 0 Å². The smallest absolute Gasteiger partial charge is 0.193 e. The number of ether oxygens (including phenoxy) is 1. The van der Waals surface area contributed by atoms with Crippen molar-refractivity contribution in [2.45, 2.75) is 13.0 Å². The number of nitrogens with zero attached hydrogens (tertiary/aromatic N) is 1. The van der Waals surface area contributed by atoms with E-state index in [1.54, 1.807) is 12.1 Å². The highest BCUT2D eigenvalue weighted by Gasteiger charge is 2.25. The number of aliphatic hydroxyl groups is 1. The predicted molar refractivity (Wildman–Crippen MR) is 110 cm³/mol. The molecular formula is C23H25NO4. The number of aliphatic hydroxyl groups excluding tert-OH is 1. The van der Waals surface area contributed by atoms with Gasteiger partial charge >= 0.3 is 0 Å². The molecule has 0 atom stereocenters. The monoisotopic (exact) mass is 379 g/mol. The van der Waals surface area contributed by atoms with Crippen LogP contribution in [-0.2, 0) is 6.61 Å². The van der Waals surface area contributed by atoms with Crippen LogP contribution in [-0.4, -0.2) is 48.1 Å². The Hall–Kier alpha value is -2.89. The molecule has 2 aromatic carbocycles. The van der Waals surface area contributed by atoms with Gasteiger partial charge in [-0.05, 0) is 42.3 Å². The predicted octanol–water partition coefficient (Wildman–Crippen LogP) is 3.51. The average Bonchev–Trinajstić information content (AvgIpc) is 2.72. The van der Waals surface area contributed by atoms with E-state index < -0.39 is 0 Å². The van der Waals surface area contributed by atoms with Crippen molar-refractivity contribution in [3.05, 3.63) is 70.8 Å². The van der Waals surface area contributed by atoms with Gasteiger partial charge in [-0.25, -0.2) is 0 Å². The number of carbonyl (C=O) groups excluding carboxylic acids is 1. The molecule has 3 rings (SSSR count). The van der Waals surface area contributed by atoms with Gasteiger partial charge < -0.3 is 19.8 Å². The summed E-state index contributed by atoms with van der Waals surface area (Å²) < 4.78 is 5.35. The number of aromatic hydroxyl groups is 1. The first-order valence-electron chi connectivity index (χ1n) is 9.24. The molecule has 28 heavy (non-hydrogen) atoms. The summed E-state index contributed by atoms with van der Waals surface area (Å²) in [5, 5.41) is 20.8. The van der Waals surface area contributed by atoms with Crippen molar-refractivity contribution in [3.63, 3.8) is 0 Å². The lowest BCUT2D eigenvalue weighted by Crippen LogP contribution is -2.24. The minimum Gasteiger partial charge on any atom is -0.506 e. The number of benzene rings is 2. The molecule has 0 radical (unpaired) electrons. The van der Waals surface area contributed by atoms with E-state index in [1.807, 2.05) is 43.5 Å². The minimum absolute atomic E-state index is 0.113. The standard InChI is InChI=1S/C23H25NO4/c1-24-12-10-17(11-13-24)21-18(15-25)14-20(28-2)22(23(21)27)19(26)9-8-16-6-4-3-5-7-16/h3-10,14,25,27H,11-13,15H2,1-2H3/b9-8+. The first kappa shape index (κ1) is 19.9.